The molecule has 1 aromatic heterocycles. The van der Waals surface area contributed by atoms with Gasteiger partial charge in [0.05, 0.1) is 13.2 Å². The number of carboxylic acids is 1. The molecule has 7 nitrogen and oxygen atoms in total. The van der Waals surface area contributed by atoms with Crippen LogP contribution < -0.4 is 4.74 Å². The average Bonchev–Trinajstić information content (AvgIpc) is 3.34. The molecule has 0 aliphatic heterocycles. The standard InChI is InChI=1S/C28H29N3O4/c1-4-20-8-6-7-9-23(20)24-15-14-22(16-25(24)34-5-2)28-29-27(30-35-28)21-12-10-19(11-13-21)17-31(3)18-26(32)33/h6-16H,4-5,17-18H2,1-3H3,(H,32,33). The van der Waals surface area contributed by atoms with Gasteiger partial charge in [0.1, 0.15) is 5.75 Å². The van der Waals surface area contributed by atoms with Gasteiger partial charge in [-0.25, -0.2) is 0 Å². The van der Waals surface area contributed by atoms with Crippen LogP contribution in [0.3, 0.4) is 0 Å². The van der Waals surface area contributed by atoms with E-state index in [1.807, 2.05) is 55.5 Å². The summed E-state index contributed by atoms with van der Waals surface area (Å²) in [4.78, 5) is 17.2. The van der Waals surface area contributed by atoms with E-state index >= 15 is 0 Å². The zero-order chi connectivity index (χ0) is 24.8. The number of nitrogens with zero attached hydrogens (tertiary/aromatic N) is 3. The number of likely N-dealkylation sites (N-methyl/N-ethyl adjacent to an activating group) is 1. The van der Waals surface area contributed by atoms with E-state index < -0.39 is 5.97 Å². The maximum absolute atomic E-state index is 10.9. The number of benzene rings is 3. The highest BCUT2D eigenvalue weighted by molar-refractivity contribution is 5.77. The van der Waals surface area contributed by atoms with Gasteiger partial charge in [-0.2, -0.15) is 4.98 Å². The van der Waals surface area contributed by atoms with Crippen LogP contribution in [0.25, 0.3) is 34.0 Å². The van der Waals surface area contributed by atoms with Crippen LogP contribution in [0.15, 0.2) is 71.3 Å². The van der Waals surface area contributed by atoms with Crippen LogP contribution in [0.2, 0.25) is 0 Å². The Bertz CT molecular complexity index is 1300. The topological polar surface area (TPSA) is 88.7 Å². The van der Waals surface area contributed by atoms with Crippen molar-refractivity contribution in [2.24, 2.45) is 0 Å². The van der Waals surface area contributed by atoms with E-state index in [0.717, 1.165) is 40.0 Å². The highest BCUT2D eigenvalue weighted by Gasteiger charge is 2.16. The molecule has 0 radical (unpaired) electrons. The van der Waals surface area contributed by atoms with Gasteiger partial charge in [-0.15, -0.1) is 0 Å². The summed E-state index contributed by atoms with van der Waals surface area (Å²) in [5, 5.41) is 13.1. The summed E-state index contributed by atoms with van der Waals surface area (Å²) in [5.41, 5.74) is 6.07. The van der Waals surface area contributed by atoms with E-state index in [2.05, 4.69) is 35.3 Å². The molecule has 1 heterocycles. The maximum Gasteiger partial charge on any atom is 0.317 e. The van der Waals surface area contributed by atoms with Crippen molar-refractivity contribution in [1.29, 1.82) is 0 Å². The molecule has 4 aromatic rings. The number of hydrogen-bond acceptors (Lipinski definition) is 6. The maximum atomic E-state index is 10.9. The van der Waals surface area contributed by atoms with E-state index in [9.17, 15) is 4.79 Å². The Kier molecular flexibility index (Phi) is 7.57. The Labute approximate surface area is 205 Å². The summed E-state index contributed by atoms with van der Waals surface area (Å²) >= 11 is 0. The normalized spacial score (nSPS) is 11.1. The summed E-state index contributed by atoms with van der Waals surface area (Å²) < 4.78 is 11.6. The number of aryl methyl sites for hydroxylation is 1. The van der Waals surface area contributed by atoms with Crippen molar-refractivity contribution in [3.63, 3.8) is 0 Å². The molecule has 0 aliphatic carbocycles. The molecular weight excluding hydrogens is 442 g/mol. The average molecular weight is 472 g/mol. The van der Waals surface area contributed by atoms with Crippen molar-refractivity contribution in [2.75, 3.05) is 20.2 Å². The second-order valence-electron chi connectivity index (χ2n) is 8.34. The number of hydrogen-bond donors (Lipinski definition) is 1. The third kappa shape index (κ3) is 5.75. The predicted octanol–water partition coefficient (Wildman–Crippen LogP) is 5.55. The van der Waals surface area contributed by atoms with Gasteiger partial charge in [0, 0.05) is 23.2 Å². The molecule has 0 fully saturated rings. The zero-order valence-electron chi connectivity index (χ0n) is 20.2. The minimum atomic E-state index is -0.849. The first-order valence-electron chi connectivity index (χ1n) is 11.7. The van der Waals surface area contributed by atoms with Crippen molar-refractivity contribution >= 4 is 5.97 Å². The van der Waals surface area contributed by atoms with Gasteiger partial charge in [0.25, 0.3) is 5.89 Å². The lowest BCUT2D eigenvalue weighted by Crippen LogP contribution is -2.25. The van der Waals surface area contributed by atoms with Crippen molar-refractivity contribution in [3.8, 4) is 39.7 Å². The van der Waals surface area contributed by atoms with Crippen LogP contribution in [-0.2, 0) is 17.8 Å². The van der Waals surface area contributed by atoms with Gasteiger partial charge < -0.3 is 14.4 Å². The summed E-state index contributed by atoms with van der Waals surface area (Å²) in [6.07, 6.45) is 0.936. The Hall–Kier alpha value is -3.97. The fourth-order valence-corrected chi connectivity index (χ4v) is 4.06. The van der Waals surface area contributed by atoms with E-state index in [1.54, 1.807) is 11.9 Å². The second kappa shape index (κ2) is 11.0. The lowest BCUT2D eigenvalue weighted by Gasteiger charge is -2.14. The van der Waals surface area contributed by atoms with Crippen LogP contribution in [-0.4, -0.2) is 46.3 Å². The number of aliphatic carboxylic acids is 1. The third-order valence-electron chi connectivity index (χ3n) is 5.71. The van der Waals surface area contributed by atoms with Crippen LogP contribution in [0, 0.1) is 0 Å². The number of aromatic nitrogens is 2. The molecule has 3 aromatic carbocycles. The molecule has 7 heteroatoms. The van der Waals surface area contributed by atoms with Crippen molar-refractivity contribution in [2.45, 2.75) is 26.8 Å². The SMILES string of the molecule is CCOc1cc(-c2nc(-c3ccc(CN(C)CC(=O)O)cc3)no2)ccc1-c1ccccc1CC. The predicted molar refractivity (Wildman–Crippen MR) is 135 cm³/mol. The summed E-state index contributed by atoms with van der Waals surface area (Å²) in [6, 6.07) is 22.0. The molecule has 0 saturated carbocycles. The van der Waals surface area contributed by atoms with Crippen molar-refractivity contribution in [1.82, 2.24) is 15.0 Å². The number of ether oxygens (including phenoxy) is 1. The molecule has 0 spiro atoms. The van der Waals surface area contributed by atoms with Crippen LogP contribution in [0.4, 0.5) is 0 Å². The van der Waals surface area contributed by atoms with Crippen LogP contribution in [0.5, 0.6) is 5.75 Å². The molecule has 180 valence electrons. The van der Waals surface area contributed by atoms with Gasteiger partial charge in [-0.3, -0.25) is 9.69 Å². The Morgan fingerprint density at radius 2 is 1.74 bits per heavy atom. The lowest BCUT2D eigenvalue weighted by molar-refractivity contribution is -0.138. The highest BCUT2D eigenvalue weighted by atomic mass is 16.5. The lowest BCUT2D eigenvalue weighted by atomic mass is 9.96. The molecule has 0 atom stereocenters. The van der Waals surface area contributed by atoms with Gasteiger partial charge in [0.2, 0.25) is 5.82 Å². The molecule has 0 aliphatic rings. The van der Waals surface area contributed by atoms with Crippen LogP contribution >= 0.6 is 0 Å². The molecule has 0 saturated heterocycles. The van der Waals surface area contributed by atoms with E-state index in [0.29, 0.717) is 24.9 Å². The van der Waals surface area contributed by atoms with Crippen molar-refractivity contribution < 1.29 is 19.2 Å². The molecule has 0 amide bonds. The minimum absolute atomic E-state index is 0.0114. The summed E-state index contributed by atoms with van der Waals surface area (Å²) in [5.74, 6) is 0.837. The van der Waals surface area contributed by atoms with E-state index in [-0.39, 0.29) is 6.54 Å². The summed E-state index contributed by atoms with van der Waals surface area (Å²) in [6.45, 7) is 5.19. The fourth-order valence-electron chi connectivity index (χ4n) is 4.06. The van der Waals surface area contributed by atoms with E-state index in [4.69, 9.17) is 14.4 Å². The zero-order valence-corrected chi connectivity index (χ0v) is 20.2. The molecular formula is C28H29N3O4. The third-order valence-corrected chi connectivity index (χ3v) is 5.71. The quantitative estimate of drug-likeness (QED) is 0.324. The highest BCUT2D eigenvalue weighted by Crippen LogP contribution is 2.36. The largest absolute Gasteiger partial charge is 0.493 e. The Morgan fingerprint density at radius 1 is 1.00 bits per heavy atom. The molecule has 0 bridgehead atoms. The first-order valence-corrected chi connectivity index (χ1v) is 11.7. The number of carboxylic acid groups (broad SMARTS) is 1. The first-order chi connectivity index (χ1) is 17.0. The Morgan fingerprint density at radius 3 is 2.46 bits per heavy atom. The van der Waals surface area contributed by atoms with Crippen LogP contribution in [0.1, 0.15) is 25.0 Å². The number of carbonyl (C=O) groups is 1. The monoisotopic (exact) mass is 471 g/mol. The van der Waals surface area contributed by atoms with E-state index in [1.165, 1.54) is 5.56 Å². The van der Waals surface area contributed by atoms with Crippen molar-refractivity contribution in [3.05, 3.63) is 77.9 Å². The van der Waals surface area contributed by atoms with Gasteiger partial charge >= 0.3 is 5.97 Å². The summed E-state index contributed by atoms with van der Waals surface area (Å²) in [7, 11) is 1.77. The molecule has 1 N–H and O–H groups in total. The van der Waals surface area contributed by atoms with Gasteiger partial charge in [-0.05, 0) is 55.3 Å². The van der Waals surface area contributed by atoms with Gasteiger partial charge in [0.15, 0.2) is 0 Å². The second-order valence-corrected chi connectivity index (χ2v) is 8.34. The molecule has 35 heavy (non-hydrogen) atoms. The number of rotatable bonds is 10. The fraction of sp³-hybridized carbons (Fsp3) is 0.250. The first kappa shape index (κ1) is 24.2. The Balaban J connectivity index is 1.57. The van der Waals surface area contributed by atoms with Gasteiger partial charge in [-0.1, -0.05) is 60.6 Å². The smallest absolute Gasteiger partial charge is 0.317 e. The molecule has 0 unspecified atom stereocenters. The minimum Gasteiger partial charge on any atom is -0.493 e. The molecule has 4 rings (SSSR count).